The molecule has 0 radical (unpaired) electrons. The Labute approximate surface area is 192 Å². The average molecular weight is 472 g/mol. The van der Waals surface area contributed by atoms with Gasteiger partial charge < -0.3 is 9.80 Å². The summed E-state index contributed by atoms with van der Waals surface area (Å²) in [5.74, 6) is -0.626. The molecule has 2 aliphatic heterocycles. The highest BCUT2D eigenvalue weighted by atomic mass is 19.4. The fourth-order valence-electron chi connectivity index (χ4n) is 4.98. The third kappa shape index (κ3) is 3.74. The van der Waals surface area contributed by atoms with Crippen molar-refractivity contribution >= 4 is 11.9 Å². The van der Waals surface area contributed by atoms with Crippen molar-refractivity contribution in [3.05, 3.63) is 66.0 Å². The third-order valence-electron chi connectivity index (χ3n) is 6.55. The van der Waals surface area contributed by atoms with E-state index in [1.165, 1.54) is 24.5 Å². The summed E-state index contributed by atoms with van der Waals surface area (Å²) in [6.07, 6.45) is 2.10. The van der Waals surface area contributed by atoms with Crippen molar-refractivity contribution in [1.29, 1.82) is 0 Å². The Kier molecular flexibility index (Phi) is 5.41. The minimum atomic E-state index is -4.52. The fraction of sp³-hybridized carbons (Fsp3) is 0.348. The van der Waals surface area contributed by atoms with Gasteiger partial charge in [0.25, 0.3) is 5.91 Å². The number of carbonyl (C=O) groups excluding carboxylic acids is 1. The summed E-state index contributed by atoms with van der Waals surface area (Å²) in [7, 11) is 1.71. The summed E-state index contributed by atoms with van der Waals surface area (Å²) in [5, 5.41) is 0. The van der Waals surface area contributed by atoms with Crippen LogP contribution in [0.5, 0.6) is 0 Å². The first kappa shape index (κ1) is 22.2. The van der Waals surface area contributed by atoms with Crippen molar-refractivity contribution in [2.45, 2.75) is 43.6 Å². The Morgan fingerprint density at radius 2 is 1.76 bits per heavy atom. The number of carbonyl (C=O) groups is 1. The van der Waals surface area contributed by atoms with Gasteiger partial charge in [-0.25, -0.2) is 24.3 Å². The molecule has 3 atom stereocenters. The second-order valence-electron chi connectivity index (χ2n) is 8.43. The molecular weight excluding hydrogens is 452 g/mol. The summed E-state index contributed by atoms with van der Waals surface area (Å²) in [5.41, 5.74) is -0.691. The predicted molar refractivity (Wildman–Crippen MR) is 114 cm³/mol. The van der Waals surface area contributed by atoms with E-state index in [-0.39, 0.29) is 46.9 Å². The molecule has 2 aliphatic rings. The van der Waals surface area contributed by atoms with Crippen LogP contribution >= 0.6 is 0 Å². The largest absolute Gasteiger partial charge is 0.419 e. The zero-order valence-electron chi connectivity index (χ0n) is 18.1. The molecule has 176 valence electrons. The zero-order chi connectivity index (χ0) is 24.0. The fourth-order valence-corrected chi connectivity index (χ4v) is 4.98. The van der Waals surface area contributed by atoms with Gasteiger partial charge in [0.1, 0.15) is 5.82 Å². The van der Waals surface area contributed by atoms with Gasteiger partial charge in [0.15, 0.2) is 5.82 Å². The number of fused-ring (bicyclic) bond motifs is 2. The van der Waals surface area contributed by atoms with Gasteiger partial charge in [-0.3, -0.25) is 4.79 Å². The van der Waals surface area contributed by atoms with Gasteiger partial charge in [0.2, 0.25) is 5.95 Å². The second kappa shape index (κ2) is 8.30. The summed E-state index contributed by atoms with van der Waals surface area (Å²) in [6, 6.07) is 5.45. The molecule has 2 bridgehead atoms. The molecule has 0 spiro atoms. The van der Waals surface area contributed by atoms with Crippen LogP contribution in [0.2, 0.25) is 0 Å². The molecule has 7 nitrogen and oxygen atoms in total. The summed E-state index contributed by atoms with van der Waals surface area (Å²) in [6.45, 7) is 0. The van der Waals surface area contributed by atoms with Gasteiger partial charge in [-0.1, -0.05) is 6.07 Å². The minimum Gasteiger partial charge on any atom is -0.339 e. The molecule has 4 heterocycles. The predicted octanol–water partition coefficient (Wildman–Crippen LogP) is 3.97. The van der Waals surface area contributed by atoms with Crippen molar-refractivity contribution in [2.24, 2.45) is 0 Å². The van der Waals surface area contributed by atoms with Crippen molar-refractivity contribution in [1.82, 2.24) is 24.8 Å². The molecule has 5 rings (SSSR count). The Morgan fingerprint density at radius 3 is 2.44 bits per heavy atom. The number of nitrogens with zero attached hydrogens (tertiary/aromatic N) is 6. The smallest absolute Gasteiger partial charge is 0.339 e. The van der Waals surface area contributed by atoms with Crippen molar-refractivity contribution in [2.75, 3.05) is 11.9 Å². The van der Waals surface area contributed by atoms with Crippen molar-refractivity contribution in [3.63, 3.8) is 0 Å². The molecule has 11 heteroatoms. The maximum absolute atomic E-state index is 14.8. The van der Waals surface area contributed by atoms with E-state index < -0.39 is 17.6 Å². The molecule has 1 amide bonds. The Morgan fingerprint density at radius 1 is 1.06 bits per heavy atom. The van der Waals surface area contributed by atoms with E-state index >= 15 is 0 Å². The van der Waals surface area contributed by atoms with Crippen LogP contribution in [-0.4, -0.2) is 55.9 Å². The van der Waals surface area contributed by atoms with Crippen LogP contribution in [0.4, 0.5) is 23.5 Å². The summed E-state index contributed by atoms with van der Waals surface area (Å²) in [4.78, 5) is 33.1. The summed E-state index contributed by atoms with van der Waals surface area (Å²) < 4.78 is 53.3. The van der Waals surface area contributed by atoms with Crippen LogP contribution in [-0.2, 0) is 6.18 Å². The van der Waals surface area contributed by atoms with E-state index in [2.05, 4.69) is 19.9 Å². The van der Waals surface area contributed by atoms with Gasteiger partial charge in [-0.2, -0.15) is 13.2 Å². The van der Waals surface area contributed by atoms with Gasteiger partial charge >= 0.3 is 6.18 Å². The van der Waals surface area contributed by atoms with Crippen molar-refractivity contribution in [3.8, 4) is 11.4 Å². The average Bonchev–Trinajstić information content (AvgIpc) is 3.41. The van der Waals surface area contributed by atoms with E-state index in [0.29, 0.717) is 6.42 Å². The zero-order valence-corrected chi connectivity index (χ0v) is 18.1. The topological polar surface area (TPSA) is 75.1 Å². The highest BCUT2D eigenvalue weighted by Gasteiger charge is 2.51. The Bertz CT molecular complexity index is 1200. The van der Waals surface area contributed by atoms with Crippen LogP contribution in [0.15, 0.2) is 49.1 Å². The number of halogens is 4. The second-order valence-corrected chi connectivity index (χ2v) is 8.43. The molecule has 0 N–H and O–H groups in total. The summed E-state index contributed by atoms with van der Waals surface area (Å²) >= 11 is 0. The van der Waals surface area contributed by atoms with Crippen LogP contribution in [0, 0.1) is 5.82 Å². The molecule has 2 aromatic heterocycles. The molecular formula is C23H20F4N6O. The van der Waals surface area contributed by atoms with E-state index in [1.807, 2.05) is 0 Å². The molecule has 2 fully saturated rings. The number of amides is 1. The number of likely N-dealkylation sites (N-methyl/N-ethyl adjacent to an activating group) is 1. The molecule has 3 aromatic rings. The van der Waals surface area contributed by atoms with Gasteiger partial charge in [-0.15, -0.1) is 0 Å². The number of rotatable bonds is 4. The van der Waals surface area contributed by atoms with Crippen LogP contribution in [0.3, 0.4) is 0 Å². The molecule has 3 unspecified atom stereocenters. The lowest BCUT2D eigenvalue weighted by Crippen LogP contribution is -2.44. The Hall–Kier alpha value is -3.63. The third-order valence-corrected chi connectivity index (χ3v) is 6.55. The monoisotopic (exact) mass is 472 g/mol. The standard InChI is InChI=1S/C23H20F4N6O/c1-32(22-30-11-13(12-31-22)23(25,26)27)18-10-14-6-7-17(18)33(14)21(34)15-4-2-5-16(24)19(15)20-28-8-3-9-29-20/h2-5,8-9,11-12,14,17-18H,6-7,10H2,1H3. The first-order valence-electron chi connectivity index (χ1n) is 10.8. The number of anilines is 1. The van der Waals surface area contributed by atoms with Crippen LogP contribution in [0.25, 0.3) is 11.4 Å². The van der Waals surface area contributed by atoms with Gasteiger partial charge in [0.05, 0.1) is 28.8 Å². The van der Waals surface area contributed by atoms with Crippen LogP contribution in [0.1, 0.15) is 35.2 Å². The molecule has 1 aromatic carbocycles. The SMILES string of the molecule is CN(c1ncc(C(F)(F)F)cn1)C1CC2CCC1N2C(=O)c1cccc(F)c1-c1ncccn1. The highest BCUT2D eigenvalue weighted by molar-refractivity contribution is 6.01. The lowest BCUT2D eigenvalue weighted by molar-refractivity contribution is -0.138. The number of hydrogen-bond acceptors (Lipinski definition) is 6. The highest BCUT2D eigenvalue weighted by Crippen LogP contribution is 2.42. The Balaban J connectivity index is 1.42. The van der Waals surface area contributed by atoms with E-state index in [4.69, 9.17) is 0 Å². The quantitative estimate of drug-likeness (QED) is 0.535. The maximum Gasteiger partial charge on any atom is 0.419 e. The number of aromatic nitrogens is 4. The minimum absolute atomic E-state index is 0.0513. The normalized spacial score (nSPS) is 21.7. The van der Waals surface area contributed by atoms with Gasteiger partial charge in [0, 0.05) is 37.9 Å². The first-order valence-corrected chi connectivity index (χ1v) is 10.8. The van der Waals surface area contributed by atoms with E-state index in [1.54, 1.807) is 29.0 Å². The lowest BCUT2D eigenvalue weighted by atomic mass is 9.95. The molecule has 0 saturated carbocycles. The van der Waals surface area contributed by atoms with E-state index in [0.717, 1.165) is 25.2 Å². The lowest BCUT2D eigenvalue weighted by Gasteiger charge is -2.31. The van der Waals surface area contributed by atoms with Gasteiger partial charge in [-0.05, 0) is 37.5 Å². The van der Waals surface area contributed by atoms with Crippen molar-refractivity contribution < 1.29 is 22.4 Å². The molecule has 0 aliphatic carbocycles. The number of hydrogen-bond donors (Lipinski definition) is 0. The maximum atomic E-state index is 14.8. The molecule has 2 saturated heterocycles. The van der Waals surface area contributed by atoms with E-state index in [9.17, 15) is 22.4 Å². The molecule has 34 heavy (non-hydrogen) atoms. The number of alkyl halides is 3. The van der Waals surface area contributed by atoms with Crippen LogP contribution < -0.4 is 4.90 Å². The number of benzene rings is 1. The first-order chi connectivity index (χ1) is 16.3.